The molecule has 0 saturated carbocycles. The lowest BCUT2D eigenvalue weighted by molar-refractivity contribution is -0.133. The largest absolute Gasteiger partial charge is 0.383 e. The zero-order valence-electron chi connectivity index (χ0n) is 18.2. The average Bonchev–Trinajstić information content (AvgIpc) is 3.15. The first-order chi connectivity index (χ1) is 15.4. The van der Waals surface area contributed by atoms with E-state index in [1.54, 1.807) is 66.3 Å². The van der Waals surface area contributed by atoms with Crippen molar-refractivity contribution in [3.63, 3.8) is 0 Å². The van der Waals surface area contributed by atoms with E-state index in [1.807, 2.05) is 12.1 Å². The Hall–Kier alpha value is -2.39. The van der Waals surface area contributed by atoms with Crippen LogP contribution < -0.4 is 0 Å². The number of nitrogens with zero attached hydrogens (tertiary/aromatic N) is 2. The number of hydrogen-bond donors (Lipinski definition) is 0. The Kier molecular flexibility index (Phi) is 8.31. The number of amides is 1. The highest BCUT2D eigenvalue weighted by Crippen LogP contribution is 2.28. The van der Waals surface area contributed by atoms with Crippen molar-refractivity contribution in [1.29, 1.82) is 0 Å². The van der Waals surface area contributed by atoms with Crippen molar-refractivity contribution in [3.8, 4) is 0 Å². The van der Waals surface area contributed by atoms with Crippen molar-refractivity contribution in [2.45, 2.75) is 17.2 Å². The zero-order chi connectivity index (χ0) is 23.1. The van der Waals surface area contributed by atoms with Gasteiger partial charge in [-0.2, -0.15) is 0 Å². The normalized spacial score (nSPS) is 11.7. The molecule has 0 fully saturated rings. The van der Waals surface area contributed by atoms with Crippen molar-refractivity contribution < 1.29 is 22.7 Å². The van der Waals surface area contributed by atoms with Gasteiger partial charge in [-0.05, 0) is 23.8 Å². The third kappa shape index (κ3) is 5.89. The standard InChI is InChI=1S/C23H27ClN2O5S/c1-30-13-11-25(12-14-31-2)23(27)16-26-15-22(20-5-3-4-6-21(20)26)32(28,29)17-18-7-9-19(24)10-8-18/h3-10,15H,11-14,16-17H2,1-2H3. The third-order valence-electron chi connectivity index (χ3n) is 5.15. The first-order valence-electron chi connectivity index (χ1n) is 10.2. The molecule has 0 aliphatic heterocycles. The van der Waals surface area contributed by atoms with Gasteiger partial charge in [0.25, 0.3) is 0 Å². The highest BCUT2D eigenvalue weighted by molar-refractivity contribution is 7.90. The Balaban J connectivity index is 1.91. The summed E-state index contributed by atoms with van der Waals surface area (Å²) in [5.41, 5.74) is 1.33. The molecule has 3 aromatic rings. The van der Waals surface area contributed by atoms with E-state index in [1.165, 1.54) is 0 Å². The van der Waals surface area contributed by atoms with Gasteiger partial charge in [0, 0.05) is 49.4 Å². The highest BCUT2D eigenvalue weighted by Gasteiger charge is 2.23. The van der Waals surface area contributed by atoms with Crippen molar-refractivity contribution in [1.82, 2.24) is 9.47 Å². The van der Waals surface area contributed by atoms with Crippen LogP contribution in [0.15, 0.2) is 59.6 Å². The van der Waals surface area contributed by atoms with Gasteiger partial charge in [0.2, 0.25) is 5.91 Å². The summed E-state index contributed by atoms with van der Waals surface area (Å²) in [5.74, 6) is -0.290. The molecule has 0 bridgehead atoms. The molecule has 7 nitrogen and oxygen atoms in total. The van der Waals surface area contributed by atoms with Crippen LogP contribution in [-0.4, -0.2) is 64.3 Å². The van der Waals surface area contributed by atoms with Gasteiger partial charge in [0.1, 0.15) is 6.54 Å². The van der Waals surface area contributed by atoms with E-state index in [-0.39, 0.29) is 23.1 Å². The monoisotopic (exact) mass is 478 g/mol. The molecule has 32 heavy (non-hydrogen) atoms. The maximum Gasteiger partial charge on any atom is 0.242 e. The van der Waals surface area contributed by atoms with Crippen molar-refractivity contribution in [2.24, 2.45) is 0 Å². The van der Waals surface area contributed by atoms with Gasteiger partial charge in [-0.15, -0.1) is 0 Å². The van der Waals surface area contributed by atoms with E-state index in [4.69, 9.17) is 21.1 Å². The number of ether oxygens (including phenoxy) is 2. The lowest BCUT2D eigenvalue weighted by atomic mass is 10.2. The van der Waals surface area contributed by atoms with Crippen LogP contribution in [0.3, 0.4) is 0 Å². The summed E-state index contributed by atoms with van der Waals surface area (Å²) in [6.45, 7) is 1.69. The Labute approximate surface area is 193 Å². The summed E-state index contributed by atoms with van der Waals surface area (Å²) in [7, 11) is -0.486. The van der Waals surface area contributed by atoms with Crippen LogP contribution in [-0.2, 0) is 36.4 Å². The molecule has 0 N–H and O–H groups in total. The highest BCUT2D eigenvalue weighted by atomic mass is 35.5. The smallest absolute Gasteiger partial charge is 0.242 e. The number of rotatable bonds is 11. The summed E-state index contributed by atoms with van der Waals surface area (Å²) >= 11 is 5.91. The van der Waals surface area contributed by atoms with Crippen LogP contribution >= 0.6 is 11.6 Å². The molecular formula is C23H27ClN2O5S. The average molecular weight is 479 g/mol. The van der Waals surface area contributed by atoms with Gasteiger partial charge in [0.05, 0.1) is 23.9 Å². The summed E-state index contributed by atoms with van der Waals surface area (Å²) in [4.78, 5) is 14.8. The van der Waals surface area contributed by atoms with Crippen molar-refractivity contribution in [3.05, 3.63) is 65.3 Å². The fraction of sp³-hybridized carbons (Fsp3) is 0.348. The molecule has 0 aliphatic carbocycles. The zero-order valence-corrected chi connectivity index (χ0v) is 19.7. The first kappa shape index (κ1) is 24.3. The van der Waals surface area contributed by atoms with Gasteiger partial charge < -0.3 is 18.9 Å². The van der Waals surface area contributed by atoms with Crippen LogP contribution in [0.5, 0.6) is 0 Å². The number of methoxy groups -OCH3 is 2. The number of carbonyl (C=O) groups excluding carboxylic acids is 1. The maximum atomic E-state index is 13.2. The molecule has 0 radical (unpaired) electrons. The maximum absolute atomic E-state index is 13.2. The molecule has 0 aliphatic rings. The topological polar surface area (TPSA) is 77.8 Å². The Bertz CT molecular complexity index is 1150. The number of aromatic nitrogens is 1. The molecule has 9 heteroatoms. The second-order valence-electron chi connectivity index (χ2n) is 7.39. The SMILES string of the molecule is COCCN(CCOC)C(=O)Cn1cc(S(=O)(=O)Cc2ccc(Cl)cc2)c2ccccc21. The van der Waals surface area contributed by atoms with Gasteiger partial charge >= 0.3 is 0 Å². The minimum Gasteiger partial charge on any atom is -0.383 e. The number of sulfone groups is 1. The summed E-state index contributed by atoms with van der Waals surface area (Å²) in [6.07, 6.45) is 1.55. The molecule has 0 saturated heterocycles. The van der Waals surface area contributed by atoms with Gasteiger partial charge in [-0.1, -0.05) is 41.9 Å². The number of fused-ring (bicyclic) bond motifs is 1. The Morgan fingerprint density at radius 1 is 1.00 bits per heavy atom. The van der Waals surface area contributed by atoms with Gasteiger partial charge in [-0.3, -0.25) is 4.79 Å². The first-order valence-corrected chi connectivity index (χ1v) is 12.2. The van der Waals surface area contributed by atoms with Crippen LogP contribution in [0.1, 0.15) is 5.56 Å². The quantitative estimate of drug-likeness (QED) is 0.422. The molecule has 1 heterocycles. The molecule has 1 amide bonds. The van der Waals surface area contributed by atoms with E-state index in [0.29, 0.717) is 47.8 Å². The van der Waals surface area contributed by atoms with Gasteiger partial charge in [0.15, 0.2) is 9.84 Å². The number of benzene rings is 2. The number of halogens is 1. The predicted octanol–water partition coefficient (Wildman–Crippen LogP) is 3.39. The summed E-state index contributed by atoms with van der Waals surface area (Å²) < 4.78 is 38.4. The van der Waals surface area contributed by atoms with Crippen LogP contribution in [0.2, 0.25) is 5.02 Å². The van der Waals surface area contributed by atoms with E-state index < -0.39 is 9.84 Å². The number of para-hydroxylation sites is 1. The van der Waals surface area contributed by atoms with Crippen molar-refractivity contribution in [2.75, 3.05) is 40.5 Å². The molecule has 0 atom stereocenters. The van der Waals surface area contributed by atoms with E-state index in [2.05, 4.69) is 0 Å². The van der Waals surface area contributed by atoms with Crippen LogP contribution in [0.25, 0.3) is 10.9 Å². The second kappa shape index (κ2) is 11.0. The Morgan fingerprint density at radius 3 is 2.25 bits per heavy atom. The van der Waals surface area contributed by atoms with E-state index in [9.17, 15) is 13.2 Å². The molecule has 0 spiro atoms. The lowest BCUT2D eigenvalue weighted by Crippen LogP contribution is -2.38. The molecule has 1 aromatic heterocycles. The minimum atomic E-state index is -3.65. The molecule has 2 aromatic carbocycles. The summed E-state index contributed by atoms with van der Waals surface area (Å²) in [5, 5.41) is 1.14. The second-order valence-corrected chi connectivity index (χ2v) is 9.78. The minimum absolute atomic E-state index is 0.0183. The molecule has 3 rings (SSSR count). The van der Waals surface area contributed by atoms with E-state index in [0.717, 1.165) is 0 Å². The fourth-order valence-corrected chi connectivity index (χ4v) is 5.19. The van der Waals surface area contributed by atoms with Crippen LogP contribution in [0, 0.1) is 0 Å². The lowest BCUT2D eigenvalue weighted by Gasteiger charge is -2.22. The predicted molar refractivity (Wildman–Crippen MR) is 125 cm³/mol. The molecular weight excluding hydrogens is 452 g/mol. The summed E-state index contributed by atoms with van der Waals surface area (Å²) in [6, 6.07) is 13.9. The molecule has 172 valence electrons. The fourth-order valence-electron chi connectivity index (χ4n) is 3.48. The van der Waals surface area contributed by atoms with Crippen molar-refractivity contribution >= 4 is 38.2 Å². The Morgan fingerprint density at radius 2 is 1.62 bits per heavy atom. The van der Waals surface area contributed by atoms with Gasteiger partial charge in [-0.25, -0.2) is 8.42 Å². The number of hydrogen-bond acceptors (Lipinski definition) is 5. The van der Waals surface area contributed by atoms with Crippen LogP contribution in [0.4, 0.5) is 0 Å². The molecule has 0 unspecified atom stereocenters. The van der Waals surface area contributed by atoms with E-state index >= 15 is 0 Å². The number of carbonyl (C=O) groups is 1. The third-order valence-corrected chi connectivity index (χ3v) is 7.11.